The van der Waals surface area contributed by atoms with Gasteiger partial charge in [-0.15, -0.1) is 20.4 Å². The molecule has 31 heavy (non-hydrogen) atoms. The second kappa shape index (κ2) is 10.6. The average Bonchev–Trinajstić information content (AvgIpc) is 3.40. The Morgan fingerprint density at radius 1 is 1.13 bits per heavy atom. The van der Waals surface area contributed by atoms with E-state index >= 15 is 0 Å². The number of aromatic nitrogens is 5. The summed E-state index contributed by atoms with van der Waals surface area (Å²) in [4.78, 5) is 12.6. The Hall–Kier alpha value is -2.66. The van der Waals surface area contributed by atoms with Crippen LogP contribution in [0.2, 0.25) is 0 Å². The lowest BCUT2D eigenvalue weighted by molar-refractivity contribution is -0.115. The summed E-state index contributed by atoms with van der Waals surface area (Å²) in [5.41, 5.74) is 0. The molecule has 0 fully saturated rings. The molecule has 11 heteroatoms. The van der Waals surface area contributed by atoms with Crippen molar-refractivity contribution in [2.45, 2.75) is 57.2 Å². The standard InChI is InChI=1S/C20H26N6O3S2/c1-6-16-22-24-19(31-16)21-18(27)13(4)30-20-25-23-17(26(20)7-2)12(3)29-15-10-8-14(28-5)9-11-15/h8-13H,6-7H2,1-5H3,(H,21,24,27). The Balaban J connectivity index is 1.65. The van der Waals surface area contributed by atoms with Crippen molar-refractivity contribution < 1.29 is 14.3 Å². The number of rotatable bonds is 10. The molecule has 2 atom stereocenters. The fraction of sp³-hybridized carbons (Fsp3) is 0.450. The van der Waals surface area contributed by atoms with Gasteiger partial charge in [0.05, 0.1) is 12.4 Å². The number of nitrogens with one attached hydrogen (secondary N) is 1. The molecule has 0 saturated heterocycles. The Bertz CT molecular complexity index is 1000. The molecule has 9 nitrogen and oxygen atoms in total. The third-order valence-corrected chi connectivity index (χ3v) is 6.51. The molecular weight excluding hydrogens is 436 g/mol. The van der Waals surface area contributed by atoms with Gasteiger partial charge >= 0.3 is 0 Å². The maximum absolute atomic E-state index is 12.6. The lowest BCUT2D eigenvalue weighted by Gasteiger charge is -2.16. The number of thioether (sulfide) groups is 1. The third-order valence-electron chi connectivity index (χ3n) is 4.45. The first kappa shape index (κ1) is 23.0. The van der Waals surface area contributed by atoms with Crippen molar-refractivity contribution >= 4 is 34.1 Å². The van der Waals surface area contributed by atoms with Crippen molar-refractivity contribution in [2.24, 2.45) is 0 Å². The molecule has 1 amide bonds. The minimum Gasteiger partial charge on any atom is -0.497 e. The minimum absolute atomic E-state index is 0.154. The van der Waals surface area contributed by atoms with E-state index in [-0.39, 0.29) is 17.3 Å². The van der Waals surface area contributed by atoms with Gasteiger partial charge in [0.25, 0.3) is 0 Å². The largest absolute Gasteiger partial charge is 0.497 e. The van der Waals surface area contributed by atoms with Crippen LogP contribution < -0.4 is 14.8 Å². The number of hydrogen-bond donors (Lipinski definition) is 1. The molecule has 0 bridgehead atoms. The average molecular weight is 463 g/mol. The number of aryl methyl sites for hydroxylation is 1. The highest BCUT2D eigenvalue weighted by Gasteiger charge is 2.23. The molecule has 1 aromatic carbocycles. The first-order valence-electron chi connectivity index (χ1n) is 9.98. The number of ether oxygens (including phenoxy) is 2. The lowest BCUT2D eigenvalue weighted by atomic mass is 10.3. The van der Waals surface area contributed by atoms with Crippen molar-refractivity contribution in [2.75, 3.05) is 12.4 Å². The van der Waals surface area contributed by atoms with E-state index in [0.29, 0.717) is 28.4 Å². The summed E-state index contributed by atoms with van der Waals surface area (Å²) in [7, 11) is 1.62. The zero-order valence-electron chi connectivity index (χ0n) is 18.2. The van der Waals surface area contributed by atoms with Crippen molar-refractivity contribution in [1.29, 1.82) is 0 Å². The number of carbonyl (C=O) groups excluding carboxylic acids is 1. The fourth-order valence-corrected chi connectivity index (χ4v) is 4.36. The maximum Gasteiger partial charge on any atom is 0.239 e. The van der Waals surface area contributed by atoms with E-state index < -0.39 is 0 Å². The predicted molar refractivity (Wildman–Crippen MR) is 121 cm³/mol. The third kappa shape index (κ3) is 5.73. The zero-order valence-corrected chi connectivity index (χ0v) is 19.8. The van der Waals surface area contributed by atoms with E-state index in [1.54, 1.807) is 7.11 Å². The normalized spacial score (nSPS) is 12.9. The second-order valence-corrected chi connectivity index (χ2v) is 8.99. The fourth-order valence-electron chi connectivity index (χ4n) is 2.76. The van der Waals surface area contributed by atoms with Crippen LogP contribution in [0.1, 0.15) is 44.6 Å². The number of amides is 1. The zero-order chi connectivity index (χ0) is 22.4. The van der Waals surface area contributed by atoms with Crippen molar-refractivity contribution in [1.82, 2.24) is 25.0 Å². The van der Waals surface area contributed by atoms with Gasteiger partial charge in [-0.3, -0.25) is 10.1 Å². The number of methoxy groups -OCH3 is 1. The van der Waals surface area contributed by atoms with Crippen LogP contribution in [0.25, 0.3) is 0 Å². The SMILES string of the molecule is CCc1nnc(NC(=O)C(C)Sc2nnc(C(C)Oc3ccc(OC)cc3)n2CC)s1. The van der Waals surface area contributed by atoms with Gasteiger partial charge < -0.3 is 14.0 Å². The summed E-state index contributed by atoms with van der Waals surface area (Å²) in [6, 6.07) is 7.38. The molecule has 166 valence electrons. The van der Waals surface area contributed by atoms with E-state index in [0.717, 1.165) is 17.2 Å². The maximum atomic E-state index is 12.6. The molecule has 0 aliphatic heterocycles. The Morgan fingerprint density at radius 2 is 1.84 bits per heavy atom. The molecule has 0 aliphatic rings. The van der Waals surface area contributed by atoms with Crippen molar-refractivity contribution in [3.05, 3.63) is 35.1 Å². The van der Waals surface area contributed by atoms with Crippen LogP contribution in [-0.4, -0.2) is 43.2 Å². The van der Waals surface area contributed by atoms with Crippen LogP contribution >= 0.6 is 23.1 Å². The van der Waals surface area contributed by atoms with E-state index in [2.05, 4.69) is 25.7 Å². The van der Waals surface area contributed by atoms with Gasteiger partial charge in [-0.05, 0) is 51.5 Å². The first-order valence-corrected chi connectivity index (χ1v) is 11.7. The molecule has 3 aromatic rings. The van der Waals surface area contributed by atoms with Crippen LogP contribution in [0.15, 0.2) is 29.4 Å². The lowest BCUT2D eigenvalue weighted by Crippen LogP contribution is -2.23. The topological polar surface area (TPSA) is 104 Å². The highest BCUT2D eigenvalue weighted by molar-refractivity contribution is 8.00. The number of hydrogen-bond acceptors (Lipinski definition) is 9. The van der Waals surface area contributed by atoms with Crippen molar-refractivity contribution in [3.8, 4) is 11.5 Å². The first-order chi connectivity index (χ1) is 14.9. The summed E-state index contributed by atoms with van der Waals surface area (Å²) >= 11 is 2.73. The molecule has 2 aromatic heterocycles. The Kier molecular flexibility index (Phi) is 7.85. The molecule has 0 spiro atoms. The van der Waals surface area contributed by atoms with E-state index in [9.17, 15) is 4.79 Å². The van der Waals surface area contributed by atoms with Gasteiger partial charge in [0.15, 0.2) is 17.1 Å². The monoisotopic (exact) mass is 462 g/mol. The van der Waals surface area contributed by atoms with Gasteiger partial charge in [0.1, 0.15) is 16.5 Å². The van der Waals surface area contributed by atoms with Crippen molar-refractivity contribution in [3.63, 3.8) is 0 Å². The number of carbonyl (C=O) groups is 1. The Labute approximate surface area is 189 Å². The van der Waals surface area contributed by atoms with Gasteiger partial charge in [0.2, 0.25) is 11.0 Å². The molecule has 2 heterocycles. The minimum atomic E-state index is -0.380. The number of anilines is 1. The summed E-state index contributed by atoms with van der Waals surface area (Å²) < 4.78 is 13.2. The smallest absolute Gasteiger partial charge is 0.239 e. The van der Waals surface area contributed by atoms with Gasteiger partial charge in [-0.1, -0.05) is 30.0 Å². The molecular formula is C20H26N6O3S2. The van der Waals surface area contributed by atoms with Gasteiger partial charge in [-0.25, -0.2) is 0 Å². The van der Waals surface area contributed by atoms with Crippen LogP contribution in [0.4, 0.5) is 5.13 Å². The molecule has 1 N–H and O–H groups in total. The van der Waals surface area contributed by atoms with E-state index in [1.807, 2.05) is 56.5 Å². The molecule has 0 saturated carbocycles. The molecule has 0 aliphatic carbocycles. The van der Waals surface area contributed by atoms with E-state index in [1.165, 1.54) is 23.1 Å². The van der Waals surface area contributed by atoms with Gasteiger partial charge in [-0.2, -0.15) is 0 Å². The molecule has 2 unspecified atom stereocenters. The molecule has 0 radical (unpaired) electrons. The summed E-state index contributed by atoms with van der Waals surface area (Å²) in [6.07, 6.45) is 0.477. The second-order valence-electron chi connectivity index (χ2n) is 6.62. The van der Waals surface area contributed by atoms with Gasteiger partial charge in [0, 0.05) is 6.54 Å². The quantitative estimate of drug-likeness (QED) is 0.451. The Morgan fingerprint density at radius 3 is 2.45 bits per heavy atom. The summed E-state index contributed by atoms with van der Waals surface area (Å²) in [5.74, 6) is 2.02. The highest BCUT2D eigenvalue weighted by Crippen LogP contribution is 2.28. The van der Waals surface area contributed by atoms with Crippen LogP contribution in [0.3, 0.4) is 0 Å². The van der Waals surface area contributed by atoms with E-state index in [4.69, 9.17) is 9.47 Å². The molecule has 3 rings (SSSR count). The number of benzene rings is 1. The summed E-state index contributed by atoms with van der Waals surface area (Å²) in [6.45, 7) is 8.42. The predicted octanol–water partition coefficient (Wildman–Crippen LogP) is 3.98. The summed E-state index contributed by atoms with van der Waals surface area (Å²) in [5, 5.41) is 21.1. The van der Waals surface area contributed by atoms with Crippen LogP contribution in [-0.2, 0) is 17.8 Å². The van der Waals surface area contributed by atoms with Crippen LogP contribution in [0.5, 0.6) is 11.5 Å². The number of nitrogens with zero attached hydrogens (tertiary/aromatic N) is 5. The van der Waals surface area contributed by atoms with Crippen LogP contribution in [0, 0.1) is 0 Å². The highest BCUT2D eigenvalue weighted by atomic mass is 32.2.